The molecule has 34 heteroatoms. The first-order valence-electron chi connectivity index (χ1n) is 20.3. The van der Waals surface area contributed by atoms with Gasteiger partial charge in [0.1, 0.15) is 85.4 Å². The van der Waals surface area contributed by atoms with Crippen LogP contribution in [0.25, 0.3) is 33.5 Å². The molecule has 0 aliphatic carbocycles. The van der Waals surface area contributed by atoms with Gasteiger partial charge in [-0.15, -0.1) is 18.1 Å². The lowest BCUT2D eigenvalue weighted by Crippen LogP contribution is -2.37. The van der Waals surface area contributed by atoms with Gasteiger partial charge in [-0.25, -0.2) is 44.9 Å². The maximum absolute atomic E-state index is 12.5. The topological polar surface area (TPSA) is 379 Å². The summed E-state index contributed by atoms with van der Waals surface area (Å²) in [6.45, 7) is -0.495. The van der Waals surface area contributed by atoms with E-state index in [1.807, 2.05) is 0 Å². The van der Waals surface area contributed by atoms with Crippen molar-refractivity contribution in [2.45, 2.75) is 80.0 Å². The van der Waals surface area contributed by atoms with E-state index in [9.17, 15) is 19.7 Å². The van der Waals surface area contributed by atoms with Crippen LogP contribution in [0.1, 0.15) is 25.1 Å². The van der Waals surface area contributed by atoms with Crippen LogP contribution in [0.15, 0.2) is 38.0 Å². The SMILES string of the molecule is CO[C@H]1[C@@H](O[P+](=S)OC[C@H]2O[C@@H](n3cnc4c(N)ncnc43)[C@H](O[P+](=S)OC[C@H]3O[C@@H](n4cnc5c(N)ncnc54)[C@H](O)[C@@H]3O)[C@@H]2OC)[C@H](n2cnc3c(N)ncnc32)O[C@@H]1CCP(=O)(O)OC. The Kier molecular flexibility index (Phi) is 14.5. The van der Waals surface area contributed by atoms with Crippen LogP contribution in [0.5, 0.6) is 0 Å². The van der Waals surface area contributed by atoms with E-state index in [-0.39, 0.29) is 43.3 Å². The van der Waals surface area contributed by atoms with Crippen molar-refractivity contribution >= 4 is 96.5 Å². The van der Waals surface area contributed by atoms with Crippen LogP contribution in [-0.4, -0.2) is 169 Å². The van der Waals surface area contributed by atoms with Gasteiger partial charge in [-0.05, 0) is 6.42 Å². The molecule has 0 aromatic carbocycles. The van der Waals surface area contributed by atoms with E-state index in [1.165, 1.54) is 56.8 Å². The van der Waals surface area contributed by atoms with Gasteiger partial charge in [0.15, 0.2) is 65.3 Å². The standard InChI is InChI=1S/C34H43N15O14P3S2/c1-54-22-14(4-5-66(52,53)56-3)59-33(48-12-45-18-27(36)39-9-42-30(18)48)24(22)62-65(68)58-7-16-23(55-2)25(34(61-16)49-13-46-19-28(37)40-10-43-31(19)49)63-64(67)57-6-15-20(50)21(51)32(60-15)47-11-44-17-26(35)38-8-41-29(17)47/h8-16,20-25,32-34,50-51H,4-7H2,1-3H3,(H6-,35,36,37,38,39,40,41,42,43,52,53)/q+1/p+1/t14-,15-,16-,20-,21-,22-,23-,24-,25-,32-,33-,34-/m1/s1. The average molecular weight is 1040 g/mol. The fraction of sp³-hybridized carbons (Fsp3) is 0.559. The maximum Gasteiger partial charge on any atom is 0.522 e. The second-order valence-corrected chi connectivity index (χ2v) is 21.0. The van der Waals surface area contributed by atoms with Crippen LogP contribution in [0.3, 0.4) is 0 Å². The van der Waals surface area contributed by atoms with E-state index in [1.54, 1.807) is 9.13 Å². The summed E-state index contributed by atoms with van der Waals surface area (Å²) >= 11 is 11.5. The zero-order valence-electron chi connectivity index (χ0n) is 35.8. The number of methoxy groups -OCH3 is 2. The van der Waals surface area contributed by atoms with Gasteiger partial charge >= 0.3 is 21.9 Å². The predicted octanol–water partition coefficient (Wildman–Crippen LogP) is 0.270. The Morgan fingerprint density at radius 2 is 1.03 bits per heavy atom. The van der Waals surface area contributed by atoms with Crippen molar-refractivity contribution in [3.8, 4) is 0 Å². The summed E-state index contributed by atoms with van der Waals surface area (Å²) in [4.78, 5) is 48.1. The van der Waals surface area contributed by atoms with Gasteiger partial charge in [0.2, 0.25) is 23.6 Å². The summed E-state index contributed by atoms with van der Waals surface area (Å²) < 4.78 is 77.6. The smallest absolute Gasteiger partial charge is 0.387 e. The monoisotopic (exact) mass is 1040 g/mol. The van der Waals surface area contributed by atoms with Crippen molar-refractivity contribution in [2.75, 3.05) is 57.9 Å². The number of imidazole rings is 3. The summed E-state index contributed by atoms with van der Waals surface area (Å²) in [6, 6.07) is 0. The highest BCUT2D eigenvalue weighted by atomic mass is 32.4. The molecule has 364 valence electrons. The summed E-state index contributed by atoms with van der Waals surface area (Å²) in [5.41, 5.74) is 20.0. The third kappa shape index (κ3) is 9.41. The molecule has 9 N–H and O–H groups in total. The van der Waals surface area contributed by atoms with Gasteiger partial charge in [0, 0.05) is 21.3 Å². The molecule has 3 fully saturated rings. The van der Waals surface area contributed by atoms with E-state index in [0.29, 0.717) is 33.5 Å². The largest absolute Gasteiger partial charge is 0.522 e. The Balaban J connectivity index is 0.911. The molecule has 0 radical (unpaired) electrons. The van der Waals surface area contributed by atoms with E-state index < -0.39 is 95.5 Å². The van der Waals surface area contributed by atoms with Crippen molar-refractivity contribution in [3.05, 3.63) is 38.0 Å². The maximum atomic E-state index is 12.5. The van der Waals surface area contributed by atoms with Crippen molar-refractivity contribution in [1.82, 2.24) is 58.6 Å². The number of hydrogen-bond donors (Lipinski definition) is 6. The van der Waals surface area contributed by atoms with E-state index in [0.717, 1.165) is 7.11 Å². The molecule has 3 unspecified atom stereocenters. The Hall–Kier alpha value is -4.20. The van der Waals surface area contributed by atoms with Crippen molar-refractivity contribution in [2.24, 2.45) is 0 Å². The van der Waals surface area contributed by atoms with Crippen LogP contribution in [0.2, 0.25) is 0 Å². The van der Waals surface area contributed by atoms with Crippen LogP contribution >= 0.6 is 21.9 Å². The molecule has 9 rings (SSSR count). The number of ether oxygens (including phenoxy) is 5. The zero-order chi connectivity index (χ0) is 48.0. The van der Waals surface area contributed by atoms with Crippen molar-refractivity contribution < 1.29 is 66.0 Å². The number of aliphatic hydroxyl groups excluding tert-OH is 2. The van der Waals surface area contributed by atoms with Gasteiger partial charge in [-0.2, -0.15) is 0 Å². The summed E-state index contributed by atoms with van der Waals surface area (Å²) in [7, 11) is -4.29. The molecule has 15 atom stereocenters. The first-order chi connectivity index (χ1) is 32.7. The number of aromatic nitrogens is 12. The van der Waals surface area contributed by atoms with Crippen LogP contribution in [0.4, 0.5) is 17.5 Å². The molecule has 9 heterocycles. The molecule has 68 heavy (non-hydrogen) atoms. The Labute approximate surface area is 395 Å². The number of rotatable bonds is 19. The lowest BCUT2D eigenvalue weighted by atomic mass is 10.1. The Morgan fingerprint density at radius 3 is 1.49 bits per heavy atom. The molecule has 3 aliphatic heterocycles. The van der Waals surface area contributed by atoms with Gasteiger partial charge in [0.05, 0.1) is 31.2 Å². The predicted molar refractivity (Wildman–Crippen MR) is 241 cm³/mol. The third-order valence-corrected chi connectivity index (χ3v) is 15.6. The Morgan fingerprint density at radius 1 is 0.618 bits per heavy atom. The number of fused-ring (bicyclic) bond motifs is 3. The molecule has 0 spiro atoms. The van der Waals surface area contributed by atoms with Gasteiger partial charge < -0.3 is 60.5 Å². The Bertz CT molecular complexity index is 2870. The van der Waals surface area contributed by atoms with E-state index >= 15 is 0 Å². The van der Waals surface area contributed by atoms with Crippen LogP contribution < -0.4 is 17.2 Å². The molecule has 29 nitrogen and oxygen atoms in total. The number of nitrogens with zero attached hydrogens (tertiary/aromatic N) is 12. The molecule has 3 aliphatic rings. The molecule has 6 aromatic rings. The number of anilines is 3. The molecule has 0 bridgehead atoms. The number of nitrogens with two attached hydrogens (primary N) is 3. The van der Waals surface area contributed by atoms with Crippen molar-refractivity contribution in [1.29, 1.82) is 0 Å². The molecular formula is C34H44N15O14P3S2+2. The van der Waals surface area contributed by atoms with Gasteiger partial charge in [-0.3, -0.25) is 18.3 Å². The minimum Gasteiger partial charge on any atom is -0.387 e. The highest BCUT2D eigenvalue weighted by Crippen LogP contribution is 2.47. The molecule has 0 saturated carbocycles. The highest BCUT2D eigenvalue weighted by molar-refractivity contribution is 8.01. The molecule has 6 aromatic heterocycles. The minimum absolute atomic E-state index is 0.0463. The van der Waals surface area contributed by atoms with Crippen LogP contribution in [-0.2, 0) is 74.5 Å². The van der Waals surface area contributed by atoms with Crippen LogP contribution in [0, 0.1) is 0 Å². The fourth-order valence-corrected chi connectivity index (χ4v) is 11.4. The summed E-state index contributed by atoms with van der Waals surface area (Å²) in [6.07, 6.45) is -4.46. The molecule has 0 amide bonds. The number of nitrogen functional groups attached to an aromatic ring is 3. The second-order valence-electron chi connectivity index (χ2n) is 15.3. The van der Waals surface area contributed by atoms with Gasteiger partial charge in [-0.1, -0.05) is 0 Å². The highest BCUT2D eigenvalue weighted by Gasteiger charge is 2.55. The first kappa shape index (κ1) is 48.8. The summed E-state index contributed by atoms with van der Waals surface area (Å²) in [5, 5.41) is 22.0. The van der Waals surface area contributed by atoms with E-state index in [2.05, 4.69) is 44.9 Å². The third-order valence-electron chi connectivity index (χ3n) is 11.5. The molecule has 3 saturated heterocycles. The molecular weight excluding hydrogens is 1000 g/mol. The number of hydrogen-bond acceptors (Lipinski definition) is 27. The second kappa shape index (κ2) is 20.3. The lowest BCUT2D eigenvalue weighted by Gasteiger charge is -2.20. The fourth-order valence-electron chi connectivity index (χ4n) is 8.20. The summed E-state index contributed by atoms with van der Waals surface area (Å²) in [5.74, 6) is 0.394. The van der Waals surface area contributed by atoms with Gasteiger partial charge in [0.25, 0.3) is 0 Å². The number of aliphatic hydroxyl groups is 2. The van der Waals surface area contributed by atoms with E-state index in [4.69, 9.17) is 87.1 Å². The minimum atomic E-state index is -3.93. The zero-order valence-corrected chi connectivity index (χ0v) is 40.1. The first-order valence-corrected chi connectivity index (χ1v) is 26.4. The average Bonchev–Trinajstić information content (AvgIpc) is 4.19. The quantitative estimate of drug-likeness (QED) is 0.0593. The lowest BCUT2D eigenvalue weighted by molar-refractivity contribution is -0.0529. The normalized spacial score (nSPS) is 29.9. The van der Waals surface area contributed by atoms with Crippen molar-refractivity contribution in [3.63, 3.8) is 0 Å².